The van der Waals surface area contributed by atoms with Crippen molar-refractivity contribution in [1.82, 2.24) is 0 Å². The third-order valence-electron chi connectivity index (χ3n) is 9.50. The van der Waals surface area contributed by atoms with Gasteiger partial charge in [0.25, 0.3) is 0 Å². The molecule has 44 heavy (non-hydrogen) atoms. The molecule has 0 atom stereocenters. The van der Waals surface area contributed by atoms with Crippen molar-refractivity contribution in [1.29, 1.82) is 0 Å². The average Bonchev–Trinajstić information content (AvgIpc) is 3.75. The Labute approximate surface area is 275 Å². The number of benzene rings is 3. The first kappa shape index (κ1) is 33.0. The molecule has 0 aliphatic rings. The highest BCUT2D eigenvalue weighted by Gasteiger charge is 2.15. The van der Waals surface area contributed by atoms with Gasteiger partial charge in [-0.2, -0.15) is 0 Å². The normalized spacial score (nSPS) is 11.6. The van der Waals surface area contributed by atoms with Crippen LogP contribution in [-0.4, -0.2) is 0 Å². The molecule has 0 spiro atoms. The van der Waals surface area contributed by atoms with E-state index in [-0.39, 0.29) is 0 Å². The molecule has 0 amide bonds. The van der Waals surface area contributed by atoms with Gasteiger partial charge in [-0.25, -0.2) is 0 Å². The van der Waals surface area contributed by atoms with Crippen molar-refractivity contribution < 1.29 is 0 Å². The van der Waals surface area contributed by atoms with Crippen LogP contribution in [0.5, 0.6) is 0 Å². The fourth-order valence-electron chi connectivity index (χ4n) is 6.97. The Morgan fingerprint density at radius 2 is 0.636 bits per heavy atom. The third-order valence-corrected chi connectivity index (χ3v) is 11.4. The second-order valence-electron chi connectivity index (χ2n) is 12.9. The number of aryl methyl sites for hydroxylation is 4. The maximum absolute atomic E-state index is 2.42. The molecule has 2 heteroatoms. The zero-order valence-electron chi connectivity index (χ0n) is 27.0. The minimum atomic E-state index is 1.24. The van der Waals surface area contributed by atoms with Crippen LogP contribution in [0.1, 0.15) is 125 Å². The Bertz CT molecular complexity index is 1300. The monoisotopic (exact) mass is 622 g/mol. The summed E-state index contributed by atoms with van der Waals surface area (Å²) in [6, 6.07) is 26.8. The molecule has 5 aromatic rings. The van der Waals surface area contributed by atoms with E-state index in [1.54, 1.807) is 31.3 Å². The molecule has 0 aliphatic carbocycles. The molecule has 3 aromatic carbocycles. The summed E-state index contributed by atoms with van der Waals surface area (Å²) in [5.41, 5.74) is 6.27. The second-order valence-corrected chi connectivity index (χ2v) is 14.7. The van der Waals surface area contributed by atoms with Gasteiger partial charge in [-0.1, -0.05) is 138 Å². The van der Waals surface area contributed by atoms with E-state index in [1.165, 1.54) is 140 Å². The number of unbranched alkanes of at least 4 members (excludes halogenated alkanes) is 14. The highest BCUT2D eigenvalue weighted by molar-refractivity contribution is 7.19. The molecular formula is C42H54S2. The topological polar surface area (TPSA) is 0 Å². The minimum Gasteiger partial charge on any atom is -0.143 e. The molecule has 0 saturated heterocycles. The molecule has 0 nitrogen and oxygen atoms in total. The first-order chi connectivity index (χ1) is 21.9. The van der Waals surface area contributed by atoms with Gasteiger partial charge in [0.05, 0.1) is 0 Å². The fourth-order valence-corrected chi connectivity index (χ4v) is 9.00. The van der Waals surface area contributed by atoms with Gasteiger partial charge < -0.3 is 0 Å². The van der Waals surface area contributed by atoms with Crippen molar-refractivity contribution in [2.75, 3.05) is 0 Å². The zero-order valence-corrected chi connectivity index (χ0v) is 28.7. The lowest BCUT2D eigenvalue weighted by Crippen LogP contribution is -1.93. The molecule has 0 unspecified atom stereocenters. The lowest BCUT2D eigenvalue weighted by atomic mass is 9.95. The number of hydrogen-bond donors (Lipinski definition) is 0. The molecule has 2 aromatic heterocycles. The summed E-state index contributed by atoms with van der Waals surface area (Å²) in [5, 5.41) is 7.82. The smallest absolute Gasteiger partial charge is 0.0384 e. The summed E-state index contributed by atoms with van der Waals surface area (Å²) < 4.78 is 3.17. The summed E-state index contributed by atoms with van der Waals surface area (Å²) in [6.07, 6.45) is 27.0. The maximum Gasteiger partial charge on any atom is 0.0384 e. The Morgan fingerprint density at radius 3 is 1.00 bits per heavy atom. The highest BCUT2D eigenvalue weighted by atomic mass is 32.1. The Hall–Kier alpha value is -2.42. The zero-order chi connectivity index (χ0) is 30.1. The van der Waals surface area contributed by atoms with Crippen LogP contribution >= 0.6 is 22.7 Å². The maximum atomic E-state index is 2.42. The van der Waals surface area contributed by atoms with Gasteiger partial charge >= 0.3 is 0 Å². The minimum absolute atomic E-state index is 1.24. The van der Waals surface area contributed by atoms with E-state index in [0.29, 0.717) is 0 Å². The van der Waals surface area contributed by atoms with Crippen molar-refractivity contribution in [3.8, 4) is 0 Å². The lowest BCUT2D eigenvalue weighted by Gasteiger charge is -2.12. The molecule has 0 bridgehead atoms. The molecule has 0 saturated carbocycles. The van der Waals surface area contributed by atoms with Gasteiger partial charge in [0.1, 0.15) is 0 Å². The van der Waals surface area contributed by atoms with Gasteiger partial charge in [0, 0.05) is 9.40 Å². The van der Waals surface area contributed by atoms with Crippen molar-refractivity contribution in [3.63, 3.8) is 0 Å². The van der Waals surface area contributed by atoms with E-state index < -0.39 is 0 Å². The molecule has 0 aliphatic heterocycles. The number of thiophene rings is 2. The van der Waals surface area contributed by atoms with E-state index in [9.17, 15) is 0 Å². The Balaban J connectivity index is 0.970. The van der Waals surface area contributed by atoms with Gasteiger partial charge in [0.2, 0.25) is 0 Å². The predicted molar refractivity (Wildman–Crippen MR) is 199 cm³/mol. The van der Waals surface area contributed by atoms with E-state index in [0.717, 1.165) is 0 Å². The molecule has 2 heterocycles. The summed E-state index contributed by atoms with van der Waals surface area (Å²) in [4.78, 5) is 0. The number of fused-ring (bicyclic) bond motifs is 2. The molecule has 0 fully saturated rings. The lowest BCUT2D eigenvalue weighted by molar-refractivity contribution is 0.568. The number of hydrogen-bond acceptors (Lipinski definition) is 2. The molecule has 234 valence electrons. The van der Waals surface area contributed by atoms with Gasteiger partial charge in [0.15, 0.2) is 0 Å². The predicted octanol–water partition coefficient (Wildman–Crippen LogP) is 13.9. The fraction of sp³-hybridized carbons (Fsp3) is 0.476. The van der Waals surface area contributed by atoms with Crippen LogP contribution in [0.15, 0.2) is 83.6 Å². The molecular weight excluding hydrogens is 569 g/mol. The molecule has 0 radical (unpaired) electrons. The summed E-state index contributed by atoms with van der Waals surface area (Å²) >= 11 is 3.97. The van der Waals surface area contributed by atoms with Crippen molar-refractivity contribution in [3.05, 3.63) is 106 Å². The Morgan fingerprint density at radius 1 is 0.318 bits per heavy atom. The quantitative estimate of drug-likeness (QED) is 0.0674. The van der Waals surface area contributed by atoms with E-state index in [1.807, 2.05) is 22.7 Å². The van der Waals surface area contributed by atoms with Crippen molar-refractivity contribution in [2.45, 2.75) is 128 Å². The van der Waals surface area contributed by atoms with Gasteiger partial charge in [-0.3, -0.25) is 0 Å². The van der Waals surface area contributed by atoms with Crippen LogP contribution in [0.2, 0.25) is 0 Å². The number of rotatable bonds is 22. The molecule has 0 N–H and O–H groups in total. The largest absolute Gasteiger partial charge is 0.143 e. The van der Waals surface area contributed by atoms with Crippen LogP contribution in [0, 0.1) is 0 Å². The first-order valence-corrected chi connectivity index (χ1v) is 19.6. The van der Waals surface area contributed by atoms with E-state index >= 15 is 0 Å². The van der Waals surface area contributed by atoms with E-state index in [4.69, 9.17) is 0 Å². The van der Waals surface area contributed by atoms with Crippen LogP contribution in [0.25, 0.3) is 20.2 Å². The standard InChI is InChI=1S/C42H54S2/c1(5-9-15-23-35-25-17-13-18-26-35)3-7-11-21-29-37-39-31-33-44-42(39)38(40-32-34-43-41(37)40)30-22-12-8-4-2-6-10-16-24-36-27-19-14-20-28-36/h13-14,17-20,25-28,31-34H,1-12,15-16,21-24,29-30H2. The summed E-state index contributed by atoms with van der Waals surface area (Å²) in [6.45, 7) is 0. The SMILES string of the molecule is c1ccc(CCCCCCCCCCc2c3ccsc3c(CCCCCCCCCCc3ccccc3)c3ccsc23)cc1. The average molecular weight is 623 g/mol. The van der Waals surface area contributed by atoms with Crippen LogP contribution < -0.4 is 0 Å². The molecule has 5 rings (SSSR count). The van der Waals surface area contributed by atoms with E-state index in [2.05, 4.69) is 83.6 Å². The third kappa shape index (κ3) is 10.3. The summed E-state index contributed by atoms with van der Waals surface area (Å²) in [7, 11) is 0. The van der Waals surface area contributed by atoms with Crippen LogP contribution in [0.3, 0.4) is 0 Å². The first-order valence-electron chi connectivity index (χ1n) is 17.9. The summed E-state index contributed by atoms with van der Waals surface area (Å²) in [5.74, 6) is 0. The van der Waals surface area contributed by atoms with Crippen LogP contribution in [0.4, 0.5) is 0 Å². The van der Waals surface area contributed by atoms with Gasteiger partial charge in [-0.15, -0.1) is 22.7 Å². The highest BCUT2D eigenvalue weighted by Crippen LogP contribution is 2.40. The van der Waals surface area contributed by atoms with Crippen molar-refractivity contribution >= 4 is 42.8 Å². The Kier molecular flexibility index (Phi) is 14.4. The van der Waals surface area contributed by atoms with Crippen LogP contribution in [-0.2, 0) is 25.7 Å². The van der Waals surface area contributed by atoms with Crippen molar-refractivity contribution in [2.24, 2.45) is 0 Å². The second kappa shape index (κ2) is 19.2. The van der Waals surface area contributed by atoms with Gasteiger partial charge in [-0.05, 0) is 107 Å².